The first-order chi connectivity index (χ1) is 15.2. The van der Waals surface area contributed by atoms with Crippen molar-refractivity contribution < 1.29 is 9.53 Å². The van der Waals surface area contributed by atoms with Crippen LogP contribution in [-0.4, -0.2) is 23.3 Å². The summed E-state index contributed by atoms with van der Waals surface area (Å²) in [6.45, 7) is 18.5. The number of hydrogen-bond acceptors (Lipinski definition) is 2. The minimum atomic E-state index is -0.211. The third kappa shape index (κ3) is 2.63. The van der Waals surface area contributed by atoms with Gasteiger partial charge in [0.25, 0.3) is 0 Å². The highest BCUT2D eigenvalue weighted by Gasteiger charge is 2.73. The van der Waals surface area contributed by atoms with E-state index in [1.165, 1.54) is 51.4 Å². The Labute approximate surface area is 210 Å². The van der Waals surface area contributed by atoms with Crippen molar-refractivity contribution in [2.24, 2.45) is 56.2 Å². The lowest BCUT2D eigenvalue weighted by Gasteiger charge is -2.73. The van der Waals surface area contributed by atoms with Gasteiger partial charge in [-0.2, -0.15) is 0 Å². The van der Waals surface area contributed by atoms with Gasteiger partial charge in [0, 0.05) is 5.41 Å². The van der Waals surface area contributed by atoms with E-state index in [-0.39, 0.29) is 15.7 Å². The fraction of sp³-hybridized carbons (Fsp3) is 0.967. The fourth-order valence-corrected chi connectivity index (χ4v) is 13.1. The molecule has 0 aromatic heterocycles. The molecule has 0 aromatic carbocycles. The molecule has 6 aliphatic rings. The molecular weight excluding hydrogens is 472 g/mol. The lowest BCUT2D eigenvalue weighted by atomic mass is 9.31. The van der Waals surface area contributed by atoms with E-state index < -0.39 is 0 Å². The molecule has 1 aliphatic heterocycles. The predicted octanol–water partition coefficient (Wildman–Crippen LogP) is 7.82. The molecule has 0 N–H and O–H groups in total. The molecule has 3 heteroatoms. The Morgan fingerprint density at radius 2 is 1.52 bits per heavy atom. The number of hydrogen-bond donors (Lipinski definition) is 0. The SMILES string of the molecule is CC1(C)CC[C@]23CC[C@]4(C)[C@H](CC[C@@H]5[C@@]6(C)CC(Br)C(=O)C(C)(C)[C@@H]6CC[C@]54C)C2C1OC3. The number of ether oxygens (including phenoxy) is 1. The average molecular weight is 520 g/mol. The average Bonchev–Trinajstić information content (AvgIpc) is 3.06. The molecule has 1 saturated heterocycles. The van der Waals surface area contributed by atoms with Gasteiger partial charge in [-0.05, 0) is 109 Å². The number of carbonyl (C=O) groups excluding carboxylic acids is 1. The molecule has 1 heterocycles. The summed E-state index contributed by atoms with van der Waals surface area (Å²) in [5, 5.41) is 0. The van der Waals surface area contributed by atoms with E-state index in [4.69, 9.17) is 4.74 Å². The number of Topliss-reactive ketones (excluding diaryl/α,β-unsaturated/α-hetero) is 1. The van der Waals surface area contributed by atoms with E-state index in [0.717, 1.165) is 30.8 Å². The summed E-state index contributed by atoms with van der Waals surface area (Å²) < 4.78 is 6.71. The summed E-state index contributed by atoms with van der Waals surface area (Å²) in [5.74, 6) is 3.26. The van der Waals surface area contributed by atoms with Crippen molar-refractivity contribution in [3.05, 3.63) is 0 Å². The topological polar surface area (TPSA) is 26.3 Å². The molecule has 5 saturated carbocycles. The first-order valence-corrected chi connectivity index (χ1v) is 14.9. The lowest BCUT2D eigenvalue weighted by Crippen LogP contribution is -2.68. The van der Waals surface area contributed by atoms with Crippen molar-refractivity contribution in [3.8, 4) is 0 Å². The van der Waals surface area contributed by atoms with Crippen LogP contribution in [0.1, 0.15) is 106 Å². The summed E-state index contributed by atoms with van der Waals surface area (Å²) in [6.07, 6.45) is 12.3. The van der Waals surface area contributed by atoms with E-state index >= 15 is 0 Å². The summed E-state index contributed by atoms with van der Waals surface area (Å²) in [7, 11) is 0. The van der Waals surface area contributed by atoms with Crippen molar-refractivity contribution >= 4 is 21.7 Å². The molecular formula is C30H47BrO2. The zero-order valence-corrected chi connectivity index (χ0v) is 23.8. The van der Waals surface area contributed by atoms with Crippen LogP contribution in [0.5, 0.6) is 0 Å². The minimum absolute atomic E-state index is 0.0274. The number of ketones is 1. The summed E-state index contributed by atoms with van der Waals surface area (Å²) in [4.78, 5) is 13.2. The van der Waals surface area contributed by atoms with Gasteiger partial charge in [0.15, 0.2) is 5.78 Å². The van der Waals surface area contributed by atoms with E-state index in [1.54, 1.807) is 0 Å². The van der Waals surface area contributed by atoms with Crippen LogP contribution < -0.4 is 0 Å². The molecule has 6 fully saturated rings. The molecule has 3 unspecified atom stereocenters. The van der Waals surface area contributed by atoms with Gasteiger partial charge in [-0.25, -0.2) is 0 Å². The zero-order valence-electron chi connectivity index (χ0n) is 22.2. The highest BCUT2D eigenvalue weighted by molar-refractivity contribution is 9.10. The third-order valence-electron chi connectivity index (χ3n) is 13.8. The summed E-state index contributed by atoms with van der Waals surface area (Å²) >= 11 is 3.86. The van der Waals surface area contributed by atoms with E-state index in [1.807, 2.05) is 0 Å². The largest absolute Gasteiger partial charge is 0.377 e. The Morgan fingerprint density at radius 1 is 0.818 bits per heavy atom. The van der Waals surface area contributed by atoms with Crippen molar-refractivity contribution in [1.82, 2.24) is 0 Å². The number of fused-ring (bicyclic) bond motifs is 5. The number of carbonyl (C=O) groups is 1. The van der Waals surface area contributed by atoms with Crippen molar-refractivity contribution in [2.45, 2.75) is 117 Å². The van der Waals surface area contributed by atoms with Crippen LogP contribution in [0.15, 0.2) is 0 Å². The Morgan fingerprint density at radius 3 is 2.24 bits per heavy atom. The lowest BCUT2D eigenvalue weighted by molar-refractivity contribution is -0.239. The number of rotatable bonds is 0. The summed E-state index contributed by atoms with van der Waals surface area (Å²) in [6, 6.07) is 0. The normalized spacial score (nSPS) is 58.6. The van der Waals surface area contributed by atoms with Crippen molar-refractivity contribution in [3.63, 3.8) is 0 Å². The van der Waals surface area contributed by atoms with Gasteiger partial charge in [0.05, 0.1) is 17.5 Å². The minimum Gasteiger partial charge on any atom is -0.377 e. The Kier molecular flexibility index (Phi) is 4.77. The Bertz CT molecular complexity index is 879. The monoisotopic (exact) mass is 518 g/mol. The van der Waals surface area contributed by atoms with Gasteiger partial charge in [-0.1, -0.05) is 64.4 Å². The van der Waals surface area contributed by atoms with Crippen LogP contribution in [0.3, 0.4) is 0 Å². The molecule has 0 spiro atoms. The van der Waals surface area contributed by atoms with Crippen LogP contribution in [0, 0.1) is 56.2 Å². The first-order valence-electron chi connectivity index (χ1n) is 14.0. The fourth-order valence-electron chi connectivity index (χ4n) is 11.9. The molecule has 0 radical (unpaired) electrons. The van der Waals surface area contributed by atoms with E-state index in [0.29, 0.717) is 39.5 Å². The van der Waals surface area contributed by atoms with Gasteiger partial charge in [0.1, 0.15) is 0 Å². The van der Waals surface area contributed by atoms with Gasteiger partial charge >= 0.3 is 0 Å². The van der Waals surface area contributed by atoms with Gasteiger partial charge in [-0.15, -0.1) is 0 Å². The highest BCUT2D eigenvalue weighted by Crippen LogP contribution is 2.78. The van der Waals surface area contributed by atoms with Crippen LogP contribution in [0.2, 0.25) is 0 Å². The van der Waals surface area contributed by atoms with Crippen LogP contribution in [0.4, 0.5) is 0 Å². The molecule has 33 heavy (non-hydrogen) atoms. The standard InChI is InChI=1S/C30H47BrO2/c1-25(2)12-14-30-15-13-28(6)18(22(30)24(25)33-17-30)8-9-21-27(5)16-19(31)23(32)26(3,4)20(27)10-11-29(21,28)7/h18-22,24H,8-17H2,1-7H3/t18-,19?,20+,21-,22?,24?,27+,28-,29-,30-/m1/s1. The van der Waals surface area contributed by atoms with Crippen LogP contribution in [-0.2, 0) is 9.53 Å². The third-order valence-corrected chi connectivity index (χ3v) is 14.5. The predicted molar refractivity (Wildman–Crippen MR) is 137 cm³/mol. The molecule has 2 bridgehead atoms. The molecule has 186 valence electrons. The maximum absolute atomic E-state index is 13.2. The maximum Gasteiger partial charge on any atom is 0.152 e. The van der Waals surface area contributed by atoms with E-state index in [2.05, 4.69) is 64.4 Å². The van der Waals surface area contributed by atoms with E-state index in [9.17, 15) is 4.79 Å². The number of halogens is 1. The van der Waals surface area contributed by atoms with Gasteiger partial charge < -0.3 is 4.74 Å². The van der Waals surface area contributed by atoms with Crippen LogP contribution in [0.25, 0.3) is 0 Å². The molecule has 5 aliphatic carbocycles. The Balaban J connectivity index is 1.41. The van der Waals surface area contributed by atoms with Gasteiger partial charge in [0.2, 0.25) is 0 Å². The first kappa shape index (κ1) is 23.5. The highest BCUT2D eigenvalue weighted by atomic mass is 79.9. The molecule has 0 amide bonds. The second-order valence-electron chi connectivity index (χ2n) is 15.5. The van der Waals surface area contributed by atoms with Crippen LogP contribution >= 0.6 is 15.9 Å². The molecule has 10 atom stereocenters. The smallest absolute Gasteiger partial charge is 0.152 e. The second kappa shape index (κ2) is 6.70. The summed E-state index contributed by atoms with van der Waals surface area (Å²) in [5.41, 5.74) is 1.59. The zero-order chi connectivity index (χ0) is 23.8. The number of alkyl halides is 1. The quantitative estimate of drug-likeness (QED) is 0.305. The molecule has 2 nitrogen and oxygen atoms in total. The molecule has 6 rings (SSSR count). The van der Waals surface area contributed by atoms with Crippen molar-refractivity contribution in [2.75, 3.05) is 6.61 Å². The second-order valence-corrected chi connectivity index (χ2v) is 16.6. The maximum atomic E-state index is 13.2. The van der Waals surface area contributed by atoms with Crippen molar-refractivity contribution in [1.29, 1.82) is 0 Å². The Hall–Kier alpha value is 0.110. The van der Waals surface area contributed by atoms with Gasteiger partial charge in [-0.3, -0.25) is 4.79 Å². The molecule has 0 aromatic rings.